The molecule has 540 valence electrons. The molecule has 27 heteroatoms. The first kappa shape index (κ1) is 71.7. The van der Waals surface area contributed by atoms with Crippen LogP contribution in [0.3, 0.4) is 0 Å². The minimum Gasteiger partial charge on any atom is -0.481 e. The van der Waals surface area contributed by atoms with Crippen LogP contribution < -0.4 is 14.7 Å². The zero-order chi connectivity index (χ0) is 73.7. The van der Waals surface area contributed by atoms with Crippen molar-refractivity contribution in [3.8, 4) is 0 Å². The van der Waals surface area contributed by atoms with Gasteiger partial charge in [0.15, 0.2) is 0 Å². The number of aliphatic carboxylic acids is 3. The van der Waals surface area contributed by atoms with E-state index in [0.29, 0.717) is 19.6 Å². The Balaban J connectivity index is 0.000000140. The maximum atomic E-state index is 13.0. The first-order valence-electron chi connectivity index (χ1n) is 34.0. The second-order valence-corrected chi connectivity index (χ2v) is 26.2. The van der Waals surface area contributed by atoms with Crippen molar-refractivity contribution in [1.29, 1.82) is 0 Å². The fourth-order valence-corrected chi connectivity index (χ4v) is 14.2. The van der Waals surface area contributed by atoms with Gasteiger partial charge in [-0.3, -0.25) is 14.4 Å². The summed E-state index contributed by atoms with van der Waals surface area (Å²) >= 11 is 0. The average Bonchev–Trinajstić information content (AvgIpc) is 1.67. The zero-order valence-electron chi connectivity index (χ0n) is 56.2. The molecule has 0 bridgehead atoms. The number of nitrogens with zero attached hydrogens (tertiary/aromatic N) is 12. The fourth-order valence-electron chi connectivity index (χ4n) is 14.2. The molecule has 0 spiro atoms. The van der Waals surface area contributed by atoms with Gasteiger partial charge in [0, 0.05) is 57.9 Å². The first-order chi connectivity index (χ1) is 50.4. The van der Waals surface area contributed by atoms with E-state index in [1.807, 2.05) is 123 Å². The second-order valence-electron chi connectivity index (χ2n) is 26.2. The quantitative estimate of drug-likeness (QED) is 0.0682. The number of anilines is 3. The molecule has 3 aliphatic rings. The summed E-state index contributed by atoms with van der Waals surface area (Å²) in [4.78, 5) is 66.2. The fraction of sp³-hybridized carbons (Fsp3) is 0.269. The van der Waals surface area contributed by atoms with Gasteiger partial charge in [0.1, 0.15) is 53.4 Å². The van der Waals surface area contributed by atoms with E-state index in [-0.39, 0.29) is 37.4 Å². The Bertz CT molecular complexity index is 4550. The molecule has 9 heterocycles. The number of aromatic nitrogens is 9. The monoisotopic (exact) mass is 1440 g/mol. The minimum atomic E-state index is -4.35. The average molecular weight is 1440 g/mol. The van der Waals surface area contributed by atoms with E-state index in [1.165, 1.54) is 19.0 Å². The Morgan fingerprint density at radius 2 is 0.571 bits per heavy atom. The molecule has 105 heavy (non-hydrogen) atoms. The number of carboxylic acids is 3. The largest absolute Gasteiger partial charge is 0.481 e. The van der Waals surface area contributed by atoms with Crippen molar-refractivity contribution in [1.82, 2.24) is 43.6 Å². The van der Waals surface area contributed by atoms with Crippen molar-refractivity contribution >= 4 is 68.5 Å². The molecule has 3 saturated heterocycles. The lowest BCUT2D eigenvalue weighted by Crippen LogP contribution is -2.24. The van der Waals surface area contributed by atoms with Crippen LogP contribution >= 0.6 is 0 Å². The molecule has 15 rings (SSSR count). The van der Waals surface area contributed by atoms with Crippen LogP contribution in [0.1, 0.15) is 123 Å². The maximum Gasteiger partial charge on any atom is 0.416 e. The Morgan fingerprint density at radius 3 is 0.800 bits per heavy atom. The highest BCUT2D eigenvalue weighted by atomic mass is 19.4. The van der Waals surface area contributed by atoms with Crippen molar-refractivity contribution in [3.63, 3.8) is 0 Å². The molecule has 0 radical (unpaired) electrons. The van der Waals surface area contributed by atoms with Crippen LogP contribution in [-0.2, 0) is 71.8 Å². The number of rotatable bonds is 18. The molecular formula is C78H69F9N12O6. The predicted molar refractivity (Wildman–Crippen MR) is 376 cm³/mol. The van der Waals surface area contributed by atoms with E-state index < -0.39 is 53.1 Å². The molecular weight excluding hydrogens is 1370 g/mol. The van der Waals surface area contributed by atoms with E-state index in [2.05, 4.69) is 44.6 Å². The lowest BCUT2D eigenvalue weighted by atomic mass is 10.0. The Morgan fingerprint density at radius 1 is 0.333 bits per heavy atom. The number of carbonyl (C=O) groups is 3. The molecule has 12 aromatic rings. The van der Waals surface area contributed by atoms with Crippen molar-refractivity contribution in [2.24, 2.45) is 0 Å². The van der Waals surface area contributed by atoms with Crippen LogP contribution in [0.2, 0.25) is 0 Å². The second kappa shape index (κ2) is 30.4. The van der Waals surface area contributed by atoms with E-state index in [0.717, 1.165) is 195 Å². The van der Waals surface area contributed by atoms with Crippen molar-refractivity contribution < 1.29 is 69.2 Å². The number of benzene rings is 6. The van der Waals surface area contributed by atoms with Crippen LogP contribution in [0, 0.1) is 0 Å². The van der Waals surface area contributed by atoms with Gasteiger partial charge in [-0.05, 0) is 143 Å². The van der Waals surface area contributed by atoms with Gasteiger partial charge in [0.2, 0.25) is 0 Å². The standard InChI is InChI=1S/3C26H23F3N4O2/c3*27-26(28,29)20-9-7-19(8-10-20)22-2-1-12-33(22)25-21-11-13-32(24(21)30-16-31-25)15-18-5-3-17(4-6-18)14-23(34)35/h3*3-11,13,16,22H,1-2,12,14-15H2,(H,34,35). The molecule has 0 saturated carbocycles. The number of carboxylic acid groups (broad SMARTS) is 3. The molecule has 3 unspecified atom stereocenters. The third kappa shape index (κ3) is 16.6. The van der Waals surface area contributed by atoms with Gasteiger partial charge >= 0.3 is 36.4 Å². The lowest BCUT2D eigenvalue weighted by Gasteiger charge is -2.27. The van der Waals surface area contributed by atoms with Gasteiger partial charge in [-0.1, -0.05) is 109 Å². The molecule has 0 aliphatic carbocycles. The molecule has 3 aliphatic heterocycles. The SMILES string of the molecule is O=C(O)Cc1ccc(Cn2ccc3c(N4CCCC4c4ccc(C(F)(F)F)cc4)ncnc32)cc1.O=C(O)Cc1ccc(Cn2ccc3c(N4CCCC4c4ccc(C(F)(F)F)cc4)ncnc32)cc1.O=C(O)Cc1ccc(Cn2ccc3c(N4CCCC4c4ccc(C(F)(F)F)cc4)ncnc32)cc1. The third-order valence-corrected chi connectivity index (χ3v) is 19.2. The van der Waals surface area contributed by atoms with E-state index >= 15 is 0 Å². The van der Waals surface area contributed by atoms with Crippen molar-refractivity contribution in [2.45, 2.75) is 114 Å². The molecule has 18 nitrogen and oxygen atoms in total. The summed E-state index contributed by atoms with van der Waals surface area (Å²) < 4.78 is 123. The topological polar surface area (TPSA) is 214 Å². The molecule has 6 aromatic heterocycles. The minimum absolute atomic E-state index is 0.0146. The van der Waals surface area contributed by atoms with Gasteiger partial charge in [-0.2, -0.15) is 39.5 Å². The van der Waals surface area contributed by atoms with Gasteiger partial charge in [0.05, 0.1) is 70.2 Å². The number of fused-ring (bicyclic) bond motifs is 3. The third-order valence-electron chi connectivity index (χ3n) is 19.2. The van der Waals surface area contributed by atoms with Gasteiger partial charge in [-0.25, -0.2) is 29.9 Å². The highest BCUT2D eigenvalue weighted by molar-refractivity contribution is 5.90. The number of alkyl halides is 9. The summed E-state index contributed by atoms with van der Waals surface area (Å²) in [6.07, 6.45) is 2.53. The molecule has 3 fully saturated rings. The molecule has 3 N–H and O–H groups in total. The van der Waals surface area contributed by atoms with Gasteiger partial charge in [-0.15, -0.1) is 0 Å². The summed E-state index contributed by atoms with van der Waals surface area (Å²) in [5, 5.41) is 29.5. The van der Waals surface area contributed by atoms with Gasteiger partial charge in [0.25, 0.3) is 0 Å². The number of halogens is 9. The first-order valence-corrected chi connectivity index (χ1v) is 34.0. The summed E-state index contributed by atoms with van der Waals surface area (Å²) in [7, 11) is 0. The highest BCUT2D eigenvalue weighted by Crippen LogP contribution is 2.43. The lowest BCUT2D eigenvalue weighted by molar-refractivity contribution is -0.138. The van der Waals surface area contributed by atoms with Crippen LogP contribution in [0.4, 0.5) is 57.0 Å². The zero-order valence-corrected chi connectivity index (χ0v) is 56.2. The van der Waals surface area contributed by atoms with E-state index in [4.69, 9.17) is 15.3 Å². The summed E-state index contributed by atoms with van der Waals surface area (Å²) in [5.74, 6) is -0.284. The van der Waals surface area contributed by atoms with Gasteiger partial charge < -0.3 is 43.7 Å². The smallest absolute Gasteiger partial charge is 0.416 e. The Hall–Kier alpha value is -11.6. The summed E-state index contributed by atoms with van der Waals surface area (Å²) in [6, 6.07) is 44.3. The Kier molecular flexibility index (Phi) is 20.7. The molecule has 3 atom stereocenters. The number of hydrogen-bond donors (Lipinski definition) is 3. The summed E-state index contributed by atoms with van der Waals surface area (Å²) in [6.45, 7) is 3.97. The summed E-state index contributed by atoms with van der Waals surface area (Å²) in [5.41, 5.74) is 8.13. The normalized spacial score (nSPS) is 16.2. The van der Waals surface area contributed by atoms with Crippen LogP contribution in [0.5, 0.6) is 0 Å². The van der Waals surface area contributed by atoms with E-state index in [9.17, 15) is 53.9 Å². The number of hydrogen-bond acceptors (Lipinski definition) is 12. The van der Waals surface area contributed by atoms with Crippen LogP contribution in [-0.4, -0.2) is 96.5 Å². The van der Waals surface area contributed by atoms with Crippen LogP contribution in [0.15, 0.2) is 201 Å². The highest BCUT2D eigenvalue weighted by Gasteiger charge is 2.36. The molecule has 6 aromatic carbocycles. The maximum absolute atomic E-state index is 13.0. The predicted octanol–water partition coefficient (Wildman–Crippen LogP) is 16.4. The van der Waals surface area contributed by atoms with Crippen LogP contribution in [0.25, 0.3) is 33.1 Å². The Labute approximate surface area is 595 Å². The molecule has 0 amide bonds. The van der Waals surface area contributed by atoms with E-state index in [1.54, 1.807) is 36.4 Å². The van der Waals surface area contributed by atoms with Crippen molar-refractivity contribution in [3.05, 3.63) is 268 Å². The van der Waals surface area contributed by atoms with Crippen molar-refractivity contribution in [2.75, 3.05) is 34.3 Å².